The number of halogens is 4. The van der Waals surface area contributed by atoms with Gasteiger partial charge in [-0.3, -0.25) is 0 Å². The summed E-state index contributed by atoms with van der Waals surface area (Å²) in [4.78, 5) is 0. The molecule has 0 saturated heterocycles. The molecule has 8 heteroatoms. The molecule has 0 aliphatic carbocycles. The summed E-state index contributed by atoms with van der Waals surface area (Å²) in [6, 6.07) is 11.3. The number of alkyl halides is 3. The summed E-state index contributed by atoms with van der Waals surface area (Å²) < 4.78 is 70.5. The van der Waals surface area contributed by atoms with Crippen molar-refractivity contribution in [2.75, 3.05) is 0 Å². The van der Waals surface area contributed by atoms with E-state index in [1.165, 1.54) is 30.3 Å². The third-order valence-electron chi connectivity index (χ3n) is 4.04. The predicted octanol–water partition coefficient (Wildman–Crippen LogP) is 4.92. The van der Waals surface area contributed by atoms with Crippen molar-refractivity contribution in [2.24, 2.45) is 4.40 Å². The molecule has 0 spiro atoms. The van der Waals surface area contributed by atoms with Gasteiger partial charge in [0.2, 0.25) is 0 Å². The normalized spacial score (nSPS) is 16.5. The Labute approximate surface area is 163 Å². The van der Waals surface area contributed by atoms with Crippen molar-refractivity contribution in [2.45, 2.75) is 43.7 Å². The fourth-order valence-electron chi connectivity index (χ4n) is 2.39. The van der Waals surface area contributed by atoms with Gasteiger partial charge < -0.3 is 5.11 Å². The van der Waals surface area contributed by atoms with E-state index in [0.717, 1.165) is 24.3 Å². The lowest BCUT2D eigenvalue weighted by molar-refractivity contribution is -0.263. The van der Waals surface area contributed by atoms with Crippen LogP contribution in [0.2, 0.25) is 0 Å². The van der Waals surface area contributed by atoms with Gasteiger partial charge in [0.25, 0.3) is 0 Å². The maximum Gasteiger partial charge on any atom is 0.421 e. The summed E-state index contributed by atoms with van der Waals surface area (Å²) >= 11 is 0. The van der Waals surface area contributed by atoms with Gasteiger partial charge in [-0.2, -0.15) is 17.6 Å². The Kier molecular flexibility index (Phi) is 6.45. The molecule has 0 amide bonds. The van der Waals surface area contributed by atoms with Crippen LogP contribution < -0.4 is 0 Å². The van der Waals surface area contributed by atoms with E-state index in [2.05, 4.69) is 4.40 Å². The Morgan fingerprint density at radius 1 is 1.00 bits per heavy atom. The first kappa shape index (κ1) is 22.2. The molecule has 0 radical (unpaired) electrons. The molecule has 0 aliphatic heterocycles. The minimum Gasteiger partial charge on any atom is -0.376 e. The van der Waals surface area contributed by atoms with Gasteiger partial charge >= 0.3 is 6.18 Å². The van der Waals surface area contributed by atoms with Gasteiger partial charge in [0.05, 0.1) is 10.5 Å². The average molecular weight is 415 g/mol. The minimum atomic E-state index is -5.02. The zero-order valence-corrected chi connectivity index (χ0v) is 16.4. The minimum absolute atomic E-state index is 0.151. The average Bonchev–Trinajstić information content (AvgIpc) is 2.60. The topological polar surface area (TPSA) is 49.7 Å². The van der Waals surface area contributed by atoms with Crippen LogP contribution >= 0.6 is 0 Å². The Hall–Kier alpha value is -2.06. The summed E-state index contributed by atoms with van der Waals surface area (Å²) in [6.07, 6.45) is -5.98. The van der Waals surface area contributed by atoms with E-state index in [4.69, 9.17) is 0 Å². The van der Waals surface area contributed by atoms with Crippen molar-refractivity contribution in [3.05, 3.63) is 71.5 Å². The highest BCUT2D eigenvalue weighted by molar-refractivity contribution is 7.85. The monoisotopic (exact) mass is 415 g/mol. The molecule has 28 heavy (non-hydrogen) atoms. The van der Waals surface area contributed by atoms with Crippen LogP contribution in [0.15, 0.2) is 59.0 Å². The van der Waals surface area contributed by atoms with E-state index < -0.39 is 39.7 Å². The third-order valence-corrected chi connectivity index (χ3v) is 5.47. The largest absolute Gasteiger partial charge is 0.421 e. The first-order chi connectivity index (χ1) is 12.8. The maximum absolute atomic E-state index is 13.9. The molecule has 2 aromatic rings. The zero-order chi connectivity index (χ0) is 21.2. The summed E-state index contributed by atoms with van der Waals surface area (Å²) in [5.74, 6) is -0.575. The van der Waals surface area contributed by atoms with Gasteiger partial charge in [-0.15, -0.1) is 0 Å². The number of hydrogen-bond acceptors (Lipinski definition) is 2. The van der Waals surface area contributed by atoms with Crippen LogP contribution in [0.1, 0.15) is 38.3 Å². The third kappa shape index (κ3) is 5.05. The standard InChI is InChI=1S/C20H21F4NO2S/c1-18(2,3)28(27)25-17(14-9-11-16(21)12-10-14)13-19(26,20(22,23)24)15-7-5-4-6-8-15/h4-12,26H,13H2,1-3H3/b25-17-/t19-,28?/m1/s1. The second-order valence-corrected chi connectivity index (χ2v) is 9.21. The lowest BCUT2D eigenvalue weighted by Crippen LogP contribution is -2.44. The van der Waals surface area contributed by atoms with Crippen LogP contribution in [0.4, 0.5) is 17.6 Å². The first-order valence-corrected chi connectivity index (χ1v) is 9.55. The van der Waals surface area contributed by atoms with Gasteiger partial charge in [-0.25, -0.2) is 8.60 Å². The number of nitrogens with zero attached hydrogens (tertiary/aromatic N) is 1. The summed E-state index contributed by atoms with van der Waals surface area (Å²) in [5, 5.41) is 10.6. The molecule has 3 nitrogen and oxygen atoms in total. The summed E-state index contributed by atoms with van der Waals surface area (Å²) in [7, 11) is -1.88. The van der Waals surface area contributed by atoms with Crippen LogP contribution in [0, 0.1) is 5.82 Å². The molecule has 1 unspecified atom stereocenters. The van der Waals surface area contributed by atoms with E-state index in [9.17, 15) is 26.9 Å². The number of hydrogen-bond donors (Lipinski definition) is 1. The highest BCUT2D eigenvalue weighted by Crippen LogP contribution is 2.42. The van der Waals surface area contributed by atoms with Crippen LogP contribution in [-0.4, -0.2) is 26.0 Å². The van der Waals surface area contributed by atoms with Crippen LogP contribution in [0.3, 0.4) is 0 Å². The predicted molar refractivity (Wildman–Crippen MR) is 102 cm³/mol. The second kappa shape index (κ2) is 8.13. The van der Waals surface area contributed by atoms with Crippen molar-refractivity contribution >= 4 is 16.7 Å². The molecule has 2 atom stereocenters. The lowest BCUT2D eigenvalue weighted by Gasteiger charge is -2.31. The fourth-order valence-corrected chi connectivity index (χ4v) is 3.03. The van der Waals surface area contributed by atoms with E-state index >= 15 is 0 Å². The van der Waals surface area contributed by atoms with Crippen molar-refractivity contribution in [1.29, 1.82) is 0 Å². The Morgan fingerprint density at radius 3 is 2.00 bits per heavy atom. The van der Waals surface area contributed by atoms with Crippen molar-refractivity contribution in [3.8, 4) is 0 Å². The molecule has 2 rings (SSSR count). The van der Waals surface area contributed by atoms with Gasteiger partial charge in [0.15, 0.2) is 5.60 Å². The second-order valence-electron chi connectivity index (χ2n) is 7.31. The Bertz CT molecular complexity index is 859. The molecule has 0 fully saturated rings. The summed E-state index contributed by atoms with van der Waals surface area (Å²) in [5.41, 5.74) is -3.68. The SMILES string of the molecule is CC(C)(C)S(=O)/N=C(/C[C@@](O)(c1ccccc1)C(F)(F)F)c1ccc(F)cc1. The van der Waals surface area contributed by atoms with Crippen LogP contribution in [0.5, 0.6) is 0 Å². The molecule has 0 heterocycles. The molecule has 0 aromatic heterocycles. The van der Waals surface area contributed by atoms with Gasteiger partial charge in [-0.1, -0.05) is 42.5 Å². The number of aliphatic hydroxyl groups is 1. The molecule has 0 aliphatic rings. The Morgan fingerprint density at radius 2 is 1.54 bits per heavy atom. The molecule has 1 N–H and O–H groups in total. The quantitative estimate of drug-likeness (QED) is 0.557. The summed E-state index contributed by atoms with van der Waals surface area (Å²) in [6.45, 7) is 4.88. The van der Waals surface area contributed by atoms with Crippen molar-refractivity contribution < 1.29 is 26.9 Å². The van der Waals surface area contributed by atoms with Gasteiger partial charge in [-0.05, 0) is 44.0 Å². The molecule has 0 bridgehead atoms. The van der Waals surface area contributed by atoms with Gasteiger partial charge in [0, 0.05) is 6.42 Å². The molecular formula is C20H21F4NO2S. The van der Waals surface area contributed by atoms with Crippen LogP contribution in [0.25, 0.3) is 0 Å². The molecule has 2 aromatic carbocycles. The fraction of sp³-hybridized carbons (Fsp3) is 0.350. The van der Waals surface area contributed by atoms with Crippen molar-refractivity contribution in [3.63, 3.8) is 0 Å². The Balaban J connectivity index is 2.60. The highest BCUT2D eigenvalue weighted by Gasteiger charge is 2.55. The highest BCUT2D eigenvalue weighted by atomic mass is 32.2. The van der Waals surface area contributed by atoms with Crippen LogP contribution in [-0.2, 0) is 16.6 Å². The maximum atomic E-state index is 13.9. The zero-order valence-electron chi connectivity index (χ0n) is 15.6. The van der Waals surface area contributed by atoms with Crippen molar-refractivity contribution in [1.82, 2.24) is 0 Å². The molecule has 152 valence electrons. The van der Waals surface area contributed by atoms with Gasteiger partial charge in [0.1, 0.15) is 16.8 Å². The molecule has 0 saturated carbocycles. The first-order valence-electron chi connectivity index (χ1n) is 8.45. The van der Waals surface area contributed by atoms with E-state index in [-0.39, 0.29) is 16.8 Å². The molecular weight excluding hydrogens is 394 g/mol. The van der Waals surface area contributed by atoms with E-state index in [0.29, 0.717) is 0 Å². The number of rotatable bonds is 5. The van der Waals surface area contributed by atoms with E-state index in [1.807, 2.05) is 0 Å². The number of benzene rings is 2. The smallest absolute Gasteiger partial charge is 0.376 e. The lowest BCUT2D eigenvalue weighted by atomic mass is 9.86. The van der Waals surface area contributed by atoms with E-state index in [1.54, 1.807) is 20.8 Å².